The first kappa shape index (κ1) is 19.4. The van der Waals surface area contributed by atoms with Gasteiger partial charge in [-0.15, -0.1) is 0 Å². The summed E-state index contributed by atoms with van der Waals surface area (Å²) in [5.41, 5.74) is 3.15. The van der Waals surface area contributed by atoms with Gasteiger partial charge in [-0.05, 0) is 48.7 Å². The fraction of sp³-hybridized carbons (Fsp3) is 0.0769. The van der Waals surface area contributed by atoms with Gasteiger partial charge in [-0.2, -0.15) is 0 Å². The maximum Gasteiger partial charge on any atom is 0.124 e. The van der Waals surface area contributed by atoms with Crippen LogP contribution in [0.2, 0.25) is 0 Å². The molecule has 4 aromatic carbocycles. The van der Waals surface area contributed by atoms with Gasteiger partial charge < -0.3 is 5.32 Å². The first-order chi connectivity index (χ1) is 14.2. The summed E-state index contributed by atoms with van der Waals surface area (Å²) in [6.45, 7) is 2.68. The van der Waals surface area contributed by atoms with Gasteiger partial charge in [0, 0.05) is 17.5 Å². The van der Waals surface area contributed by atoms with E-state index in [1.165, 1.54) is 16.2 Å². The molecule has 1 nitrogen and oxygen atoms in total. The Kier molecular flexibility index (Phi) is 6.03. The highest BCUT2D eigenvalue weighted by Crippen LogP contribution is 2.37. The summed E-state index contributed by atoms with van der Waals surface area (Å²) < 4.78 is 14.5. The molecule has 3 heteroatoms. The third-order valence-electron chi connectivity index (χ3n) is 4.86. The zero-order chi connectivity index (χ0) is 20.1. The number of halogens is 1. The van der Waals surface area contributed by atoms with Gasteiger partial charge in [0.15, 0.2) is 0 Å². The number of aryl methyl sites for hydroxylation is 1. The van der Waals surface area contributed by atoms with Crippen molar-refractivity contribution < 1.29 is 4.39 Å². The molecule has 0 saturated heterocycles. The van der Waals surface area contributed by atoms with E-state index >= 15 is 0 Å². The molecule has 1 N–H and O–H groups in total. The van der Waals surface area contributed by atoms with Crippen LogP contribution in [0.1, 0.15) is 11.1 Å². The van der Waals surface area contributed by atoms with Crippen LogP contribution in [-0.4, -0.2) is 0 Å². The van der Waals surface area contributed by atoms with Gasteiger partial charge in [0.2, 0.25) is 0 Å². The van der Waals surface area contributed by atoms with Gasteiger partial charge >= 0.3 is 0 Å². The van der Waals surface area contributed by atoms with Crippen LogP contribution in [-0.2, 0) is 6.54 Å². The Morgan fingerprint density at radius 2 is 1.24 bits per heavy atom. The number of hydrogen-bond acceptors (Lipinski definition) is 1. The third kappa shape index (κ3) is 4.55. The van der Waals surface area contributed by atoms with Crippen LogP contribution in [0.3, 0.4) is 0 Å². The Hall–Kier alpha value is -2.96. The lowest BCUT2D eigenvalue weighted by atomic mass is 10.1. The lowest BCUT2D eigenvalue weighted by molar-refractivity contribution is 0.628. The molecule has 0 bridgehead atoms. The maximum atomic E-state index is 14.5. The Bertz CT molecular complexity index is 1030. The lowest BCUT2D eigenvalue weighted by Gasteiger charge is -2.24. The van der Waals surface area contributed by atoms with Gasteiger partial charge in [-0.1, -0.05) is 91.0 Å². The van der Waals surface area contributed by atoms with E-state index in [1.54, 1.807) is 12.1 Å². The summed E-state index contributed by atoms with van der Waals surface area (Å²) in [4.78, 5) is 0. The SMILES string of the molecule is Cc1cc(F)cc(P(c2ccccc2)c2ccccc2)c1NCc1ccccc1. The predicted octanol–water partition coefficient (Wildman–Crippen LogP) is 5.50. The quantitative estimate of drug-likeness (QED) is 0.422. The molecule has 0 aliphatic rings. The molecule has 29 heavy (non-hydrogen) atoms. The van der Waals surface area contributed by atoms with E-state index in [-0.39, 0.29) is 5.82 Å². The Morgan fingerprint density at radius 3 is 1.79 bits per heavy atom. The number of benzene rings is 4. The molecular formula is C26H23FNP. The summed E-state index contributed by atoms with van der Waals surface area (Å²) >= 11 is 0. The predicted molar refractivity (Wildman–Crippen MR) is 124 cm³/mol. The van der Waals surface area contributed by atoms with Crippen LogP contribution >= 0.6 is 7.92 Å². The Balaban J connectivity index is 1.82. The molecule has 0 unspecified atom stereocenters. The second-order valence-corrected chi connectivity index (χ2v) is 9.15. The summed E-state index contributed by atoms with van der Waals surface area (Å²) in [6.07, 6.45) is 0. The molecule has 0 saturated carbocycles. The average molecular weight is 399 g/mol. The molecule has 0 spiro atoms. The van der Waals surface area contributed by atoms with E-state index in [0.29, 0.717) is 6.54 Å². The van der Waals surface area contributed by atoms with Gasteiger partial charge in [-0.3, -0.25) is 0 Å². The van der Waals surface area contributed by atoms with Crippen LogP contribution in [0.25, 0.3) is 0 Å². The zero-order valence-electron chi connectivity index (χ0n) is 16.3. The molecule has 0 fully saturated rings. The monoisotopic (exact) mass is 399 g/mol. The summed E-state index contributed by atoms with van der Waals surface area (Å²) in [5.74, 6) is -0.192. The van der Waals surface area contributed by atoms with Crippen molar-refractivity contribution in [3.8, 4) is 0 Å². The van der Waals surface area contributed by atoms with Crippen molar-refractivity contribution in [2.75, 3.05) is 5.32 Å². The fourth-order valence-corrected chi connectivity index (χ4v) is 6.03. The van der Waals surface area contributed by atoms with Crippen LogP contribution in [0.15, 0.2) is 103 Å². The highest BCUT2D eigenvalue weighted by atomic mass is 31.1. The van der Waals surface area contributed by atoms with E-state index in [1.807, 2.05) is 37.3 Å². The molecule has 4 aromatic rings. The average Bonchev–Trinajstić information content (AvgIpc) is 2.75. The van der Waals surface area contributed by atoms with E-state index in [4.69, 9.17) is 0 Å². The van der Waals surface area contributed by atoms with E-state index < -0.39 is 7.92 Å². The van der Waals surface area contributed by atoms with Gasteiger partial charge in [-0.25, -0.2) is 4.39 Å². The normalized spacial score (nSPS) is 10.9. The lowest BCUT2D eigenvalue weighted by Crippen LogP contribution is -2.24. The minimum Gasteiger partial charge on any atom is -0.380 e. The second-order valence-electron chi connectivity index (χ2n) is 6.96. The van der Waals surface area contributed by atoms with Crippen LogP contribution in [0.4, 0.5) is 10.1 Å². The van der Waals surface area contributed by atoms with E-state index in [2.05, 4.69) is 66.0 Å². The number of anilines is 1. The van der Waals surface area contributed by atoms with Crippen molar-refractivity contribution in [3.63, 3.8) is 0 Å². The minimum absolute atomic E-state index is 0.192. The van der Waals surface area contributed by atoms with Gasteiger partial charge in [0.25, 0.3) is 0 Å². The Morgan fingerprint density at radius 1 is 0.724 bits per heavy atom. The molecule has 0 aromatic heterocycles. The van der Waals surface area contributed by atoms with Crippen molar-refractivity contribution in [1.29, 1.82) is 0 Å². The summed E-state index contributed by atoms with van der Waals surface area (Å²) in [5, 5.41) is 7.03. The van der Waals surface area contributed by atoms with Crippen molar-refractivity contribution in [1.82, 2.24) is 0 Å². The number of rotatable bonds is 6. The summed E-state index contributed by atoms with van der Waals surface area (Å²) in [6, 6.07) is 34.4. The molecule has 144 valence electrons. The zero-order valence-corrected chi connectivity index (χ0v) is 17.2. The summed E-state index contributed by atoms with van der Waals surface area (Å²) in [7, 11) is -0.882. The van der Waals surface area contributed by atoms with Crippen LogP contribution in [0.5, 0.6) is 0 Å². The van der Waals surface area contributed by atoms with Crippen molar-refractivity contribution >= 4 is 29.5 Å². The van der Waals surface area contributed by atoms with Gasteiger partial charge in [0.1, 0.15) is 5.82 Å². The smallest absolute Gasteiger partial charge is 0.124 e. The first-order valence-electron chi connectivity index (χ1n) is 9.70. The maximum absolute atomic E-state index is 14.5. The minimum atomic E-state index is -0.882. The third-order valence-corrected chi connectivity index (χ3v) is 7.32. The van der Waals surface area contributed by atoms with Crippen molar-refractivity contribution in [2.45, 2.75) is 13.5 Å². The Labute approximate surface area is 173 Å². The molecule has 4 rings (SSSR count). The van der Waals surface area contributed by atoms with E-state index in [0.717, 1.165) is 16.6 Å². The molecule has 0 amide bonds. The molecule has 0 aliphatic carbocycles. The highest BCUT2D eigenvalue weighted by Gasteiger charge is 2.21. The molecule has 0 radical (unpaired) electrons. The standard InChI is InChI=1S/C26H23FNP/c1-20-17-22(27)18-25(26(20)28-19-21-11-5-2-6-12-21)29(23-13-7-3-8-14-23)24-15-9-4-10-16-24/h2-18,28H,19H2,1H3. The second kappa shape index (κ2) is 9.03. The highest BCUT2D eigenvalue weighted by molar-refractivity contribution is 7.80. The van der Waals surface area contributed by atoms with E-state index in [9.17, 15) is 4.39 Å². The topological polar surface area (TPSA) is 12.0 Å². The van der Waals surface area contributed by atoms with Crippen molar-refractivity contribution in [3.05, 3.63) is 120 Å². The molecule has 0 heterocycles. The number of nitrogens with one attached hydrogen (secondary N) is 1. The van der Waals surface area contributed by atoms with Crippen LogP contribution < -0.4 is 21.2 Å². The molecular weight excluding hydrogens is 376 g/mol. The molecule has 0 atom stereocenters. The number of hydrogen-bond donors (Lipinski definition) is 1. The van der Waals surface area contributed by atoms with Crippen molar-refractivity contribution in [2.24, 2.45) is 0 Å². The fourth-order valence-electron chi connectivity index (χ4n) is 3.50. The van der Waals surface area contributed by atoms with Gasteiger partial charge in [0.05, 0.1) is 0 Å². The molecule has 0 aliphatic heterocycles. The largest absolute Gasteiger partial charge is 0.380 e. The first-order valence-corrected chi connectivity index (χ1v) is 11.0. The van der Waals surface area contributed by atoms with Crippen LogP contribution in [0, 0.1) is 12.7 Å².